The Hall–Kier alpha value is -1.89. The summed E-state index contributed by atoms with van der Waals surface area (Å²) >= 11 is 0. The second kappa shape index (κ2) is 4.54. The molecule has 0 aromatic heterocycles. The highest BCUT2D eigenvalue weighted by Gasteiger charge is 2.39. The summed E-state index contributed by atoms with van der Waals surface area (Å²) in [6, 6.07) is 2.60. The number of carboxylic acids is 1. The van der Waals surface area contributed by atoms with E-state index in [9.17, 15) is 22.8 Å². The van der Waals surface area contributed by atoms with Crippen molar-refractivity contribution in [3.8, 4) is 0 Å². The van der Waals surface area contributed by atoms with Crippen LogP contribution in [0.4, 0.5) is 13.2 Å². The van der Waals surface area contributed by atoms with Gasteiger partial charge in [-0.1, -0.05) is 6.07 Å². The molecule has 0 aliphatic rings. The predicted molar refractivity (Wildman–Crippen MR) is 51.7 cm³/mol. The lowest BCUT2D eigenvalue weighted by molar-refractivity contribution is -0.0885. The molecule has 0 atom stereocenters. The molecular weight excluding hydrogens is 239 g/mol. The van der Waals surface area contributed by atoms with Crippen LogP contribution in [-0.2, 0) is 6.54 Å². The minimum atomic E-state index is -4.99. The first-order valence-electron chi connectivity index (χ1n) is 4.45. The highest BCUT2D eigenvalue weighted by molar-refractivity contribution is 6.01. The second-order valence-corrected chi connectivity index (χ2v) is 3.21. The highest BCUT2D eigenvalue weighted by Crippen LogP contribution is 2.23. The van der Waals surface area contributed by atoms with Gasteiger partial charge in [-0.05, 0) is 17.7 Å². The lowest BCUT2D eigenvalue weighted by Gasteiger charge is -2.08. The van der Waals surface area contributed by atoms with Crippen molar-refractivity contribution in [3.63, 3.8) is 0 Å². The number of Topliss-reactive ketones (excluding diaryl/α,β-unsaturated/α-hetero) is 1. The number of rotatable bonds is 3. The molecule has 0 bridgehead atoms. The van der Waals surface area contributed by atoms with Gasteiger partial charge in [0.15, 0.2) is 0 Å². The lowest BCUT2D eigenvalue weighted by Crippen LogP contribution is -2.23. The van der Waals surface area contributed by atoms with Gasteiger partial charge < -0.3 is 10.8 Å². The van der Waals surface area contributed by atoms with Crippen LogP contribution in [0.5, 0.6) is 0 Å². The maximum atomic E-state index is 12.1. The molecular formula is C10H8F3NO3. The molecule has 1 aromatic rings. The summed E-state index contributed by atoms with van der Waals surface area (Å²) in [7, 11) is 0. The Morgan fingerprint density at radius 2 is 1.88 bits per heavy atom. The first-order chi connectivity index (χ1) is 7.77. The van der Waals surface area contributed by atoms with Crippen LogP contribution in [0, 0.1) is 0 Å². The minimum Gasteiger partial charge on any atom is -0.478 e. The normalized spacial score (nSPS) is 11.3. The number of carbonyl (C=O) groups excluding carboxylic acids is 1. The second-order valence-electron chi connectivity index (χ2n) is 3.21. The number of benzene rings is 1. The number of carboxylic acid groups (broad SMARTS) is 1. The molecule has 1 aromatic carbocycles. The Bertz CT molecular complexity index is 468. The van der Waals surface area contributed by atoms with Gasteiger partial charge in [0.25, 0.3) is 5.78 Å². The number of nitrogens with two attached hydrogens (primary N) is 1. The number of halogens is 3. The van der Waals surface area contributed by atoms with Crippen molar-refractivity contribution in [3.05, 3.63) is 34.9 Å². The van der Waals surface area contributed by atoms with Gasteiger partial charge in [-0.15, -0.1) is 0 Å². The van der Waals surface area contributed by atoms with E-state index in [0.29, 0.717) is 0 Å². The molecule has 0 aliphatic heterocycles. The van der Waals surface area contributed by atoms with Gasteiger partial charge >= 0.3 is 12.1 Å². The summed E-state index contributed by atoms with van der Waals surface area (Å²) in [6.07, 6.45) is -4.99. The molecule has 3 N–H and O–H groups in total. The van der Waals surface area contributed by atoms with Crippen molar-refractivity contribution >= 4 is 11.8 Å². The van der Waals surface area contributed by atoms with Crippen molar-refractivity contribution < 1.29 is 27.9 Å². The largest absolute Gasteiger partial charge is 0.478 e. The number of hydrogen-bond acceptors (Lipinski definition) is 3. The minimum absolute atomic E-state index is 0.0207. The average molecular weight is 247 g/mol. The summed E-state index contributed by atoms with van der Waals surface area (Å²) < 4.78 is 36.4. The molecule has 17 heavy (non-hydrogen) atoms. The maximum absolute atomic E-state index is 12.1. The molecule has 0 radical (unpaired) electrons. The first-order valence-corrected chi connectivity index (χ1v) is 4.45. The molecule has 0 unspecified atom stereocenters. The van der Waals surface area contributed by atoms with Gasteiger partial charge in [0.1, 0.15) is 0 Å². The summed E-state index contributed by atoms with van der Waals surface area (Å²) in [5.74, 6) is -3.33. The molecule has 0 amide bonds. The number of carbonyl (C=O) groups is 2. The Morgan fingerprint density at radius 3 is 2.29 bits per heavy atom. The van der Waals surface area contributed by atoms with E-state index in [2.05, 4.69) is 0 Å². The summed E-state index contributed by atoms with van der Waals surface area (Å²) in [6.45, 7) is -0.263. The van der Waals surface area contributed by atoms with Crippen molar-refractivity contribution in [2.75, 3.05) is 0 Å². The number of alkyl halides is 3. The number of ketones is 1. The Morgan fingerprint density at radius 1 is 1.29 bits per heavy atom. The van der Waals surface area contributed by atoms with Crippen LogP contribution in [0.1, 0.15) is 26.3 Å². The topological polar surface area (TPSA) is 80.4 Å². The highest BCUT2D eigenvalue weighted by atomic mass is 19.4. The Balaban J connectivity index is 3.23. The molecule has 0 saturated carbocycles. The van der Waals surface area contributed by atoms with Crippen LogP contribution in [0.3, 0.4) is 0 Å². The van der Waals surface area contributed by atoms with Crippen molar-refractivity contribution in [2.45, 2.75) is 12.7 Å². The van der Waals surface area contributed by atoms with Crippen LogP contribution in [-0.4, -0.2) is 23.0 Å². The van der Waals surface area contributed by atoms with Crippen molar-refractivity contribution in [1.82, 2.24) is 0 Å². The van der Waals surface area contributed by atoms with Gasteiger partial charge in [0, 0.05) is 12.1 Å². The zero-order valence-corrected chi connectivity index (χ0v) is 8.41. The van der Waals surface area contributed by atoms with Gasteiger partial charge in [-0.25, -0.2) is 4.79 Å². The standard InChI is InChI=1S/C10H8F3NO3/c11-10(12,13)8(15)5-1-2-7(9(16)17)6(3-5)4-14/h1-3H,4,14H2,(H,16,17). The monoisotopic (exact) mass is 247 g/mol. The van der Waals surface area contributed by atoms with Crippen LogP contribution in [0.25, 0.3) is 0 Å². The smallest absolute Gasteiger partial charge is 0.454 e. The molecule has 0 spiro atoms. The van der Waals surface area contributed by atoms with E-state index in [1.807, 2.05) is 0 Å². The summed E-state index contributed by atoms with van der Waals surface area (Å²) in [5.41, 5.74) is 4.35. The fraction of sp³-hybridized carbons (Fsp3) is 0.200. The van der Waals surface area contributed by atoms with E-state index in [0.717, 1.165) is 18.2 Å². The SMILES string of the molecule is NCc1cc(C(=O)C(F)(F)F)ccc1C(=O)O. The van der Waals surface area contributed by atoms with Crippen molar-refractivity contribution in [1.29, 1.82) is 0 Å². The third-order valence-corrected chi connectivity index (χ3v) is 2.08. The van der Waals surface area contributed by atoms with E-state index in [1.54, 1.807) is 0 Å². The fourth-order valence-corrected chi connectivity index (χ4v) is 1.28. The van der Waals surface area contributed by atoms with Gasteiger partial charge in [0.2, 0.25) is 0 Å². The third-order valence-electron chi connectivity index (χ3n) is 2.08. The number of aromatic carboxylic acids is 1. The number of hydrogen-bond donors (Lipinski definition) is 2. The molecule has 0 heterocycles. The molecule has 7 heteroatoms. The molecule has 1 rings (SSSR count). The molecule has 92 valence electrons. The lowest BCUT2D eigenvalue weighted by atomic mass is 10.0. The molecule has 0 aliphatic carbocycles. The van der Waals surface area contributed by atoms with E-state index in [-0.39, 0.29) is 17.7 Å². The third kappa shape index (κ3) is 2.82. The van der Waals surface area contributed by atoms with Gasteiger partial charge in [0.05, 0.1) is 5.56 Å². The van der Waals surface area contributed by atoms with Crippen LogP contribution in [0.15, 0.2) is 18.2 Å². The Kier molecular flexibility index (Phi) is 3.52. The molecule has 0 fully saturated rings. The van der Waals surface area contributed by atoms with Gasteiger partial charge in [-0.2, -0.15) is 13.2 Å². The van der Waals surface area contributed by atoms with E-state index >= 15 is 0 Å². The van der Waals surface area contributed by atoms with Crippen molar-refractivity contribution in [2.24, 2.45) is 5.73 Å². The van der Waals surface area contributed by atoms with E-state index in [1.165, 1.54) is 0 Å². The zero-order valence-electron chi connectivity index (χ0n) is 8.41. The quantitative estimate of drug-likeness (QED) is 0.795. The van der Waals surface area contributed by atoms with Gasteiger partial charge in [-0.3, -0.25) is 4.79 Å². The summed E-state index contributed by atoms with van der Waals surface area (Å²) in [5, 5.41) is 8.72. The molecule has 4 nitrogen and oxygen atoms in total. The Labute approximate surface area is 93.8 Å². The first kappa shape index (κ1) is 13.2. The van der Waals surface area contributed by atoms with Crippen LogP contribution >= 0.6 is 0 Å². The summed E-state index contributed by atoms with van der Waals surface area (Å²) in [4.78, 5) is 21.6. The molecule has 0 saturated heterocycles. The fourth-order valence-electron chi connectivity index (χ4n) is 1.28. The van der Waals surface area contributed by atoms with E-state index < -0.39 is 23.5 Å². The zero-order chi connectivity index (χ0) is 13.2. The van der Waals surface area contributed by atoms with E-state index in [4.69, 9.17) is 10.8 Å². The average Bonchev–Trinajstić information content (AvgIpc) is 2.25. The van der Waals surface area contributed by atoms with Crippen LogP contribution in [0.2, 0.25) is 0 Å². The maximum Gasteiger partial charge on any atom is 0.454 e. The van der Waals surface area contributed by atoms with Crippen LogP contribution < -0.4 is 5.73 Å². The predicted octanol–water partition coefficient (Wildman–Crippen LogP) is 1.59.